The number of carbonyl (C=O) groups excluding carboxylic acids is 2. The van der Waals surface area contributed by atoms with E-state index in [9.17, 15) is 14.7 Å². The molecular formula is C39H60O5. The van der Waals surface area contributed by atoms with Crippen molar-refractivity contribution in [1.29, 1.82) is 0 Å². The van der Waals surface area contributed by atoms with Crippen molar-refractivity contribution in [3.63, 3.8) is 0 Å². The maximum absolute atomic E-state index is 11.9. The van der Waals surface area contributed by atoms with Crippen LogP contribution in [0.1, 0.15) is 117 Å². The summed E-state index contributed by atoms with van der Waals surface area (Å²) in [6, 6.07) is 0. The molecule has 0 aliphatic heterocycles. The quantitative estimate of drug-likeness (QED) is 0.0543. The van der Waals surface area contributed by atoms with Gasteiger partial charge in [-0.25, -0.2) is 0 Å². The number of ether oxygens (including phenoxy) is 2. The Kier molecular flexibility index (Phi) is 31.8. The van der Waals surface area contributed by atoms with Crippen LogP contribution in [0, 0.1) is 0 Å². The first-order valence-electron chi connectivity index (χ1n) is 16.8. The van der Waals surface area contributed by atoms with Crippen molar-refractivity contribution in [1.82, 2.24) is 0 Å². The Balaban J connectivity index is 3.65. The van der Waals surface area contributed by atoms with Gasteiger partial charge in [0.25, 0.3) is 0 Å². The lowest BCUT2D eigenvalue weighted by molar-refractivity contribution is -0.152. The van der Waals surface area contributed by atoms with Crippen LogP contribution in [0.5, 0.6) is 0 Å². The van der Waals surface area contributed by atoms with Crippen LogP contribution < -0.4 is 0 Å². The van der Waals surface area contributed by atoms with E-state index in [0.29, 0.717) is 12.8 Å². The molecule has 0 unspecified atom stereocenters. The molecule has 0 aromatic heterocycles. The molecule has 0 bridgehead atoms. The summed E-state index contributed by atoms with van der Waals surface area (Å²) in [6.45, 7) is 3.96. The van der Waals surface area contributed by atoms with E-state index in [2.05, 4.69) is 111 Å². The molecule has 0 rings (SSSR count). The third-order valence-electron chi connectivity index (χ3n) is 6.31. The van der Waals surface area contributed by atoms with E-state index in [1.54, 1.807) is 0 Å². The number of carbonyl (C=O) groups is 2. The van der Waals surface area contributed by atoms with Crippen molar-refractivity contribution in [2.75, 3.05) is 13.2 Å². The van der Waals surface area contributed by atoms with Gasteiger partial charge in [0.05, 0.1) is 0 Å². The van der Waals surface area contributed by atoms with E-state index < -0.39 is 6.10 Å². The largest absolute Gasteiger partial charge is 0.463 e. The van der Waals surface area contributed by atoms with Crippen LogP contribution in [0.2, 0.25) is 0 Å². The second-order valence-electron chi connectivity index (χ2n) is 10.5. The summed E-state index contributed by atoms with van der Waals surface area (Å²) in [5.74, 6) is -0.673. The SMILES string of the molecule is CC/C=C\C/C=C\C/C=C\C/C=C\CCCCC(=O)OCC(O)COC(=O)CCCC/C=C\C/C=C\C/C=C\C/C=C\CC. The number of allylic oxidation sites excluding steroid dienone is 16. The summed E-state index contributed by atoms with van der Waals surface area (Å²) in [5.41, 5.74) is 0. The average Bonchev–Trinajstić information content (AvgIpc) is 3.02. The molecule has 5 nitrogen and oxygen atoms in total. The lowest BCUT2D eigenvalue weighted by Crippen LogP contribution is -2.25. The van der Waals surface area contributed by atoms with Crippen LogP contribution in [0.3, 0.4) is 0 Å². The Morgan fingerprint density at radius 3 is 1.09 bits per heavy atom. The number of unbranched alkanes of at least 4 members (excludes halogenated alkanes) is 4. The second kappa shape index (κ2) is 34.3. The Morgan fingerprint density at radius 1 is 0.477 bits per heavy atom. The molecular weight excluding hydrogens is 548 g/mol. The molecule has 0 aromatic rings. The van der Waals surface area contributed by atoms with Crippen molar-refractivity contribution in [2.45, 2.75) is 123 Å². The van der Waals surface area contributed by atoms with Gasteiger partial charge in [-0.1, -0.05) is 111 Å². The topological polar surface area (TPSA) is 72.8 Å². The van der Waals surface area contributed by atoms with E-state index in [1.807, 2.05) is 0 Å². The van der Waals surface area contributed by atoms with Crippen molar-refractivity contribution in [2.24, 2.45) is 0 Å². The van der Waals surface area contributed by atoms with Crippen LogP contribution in [0.4, 0.5) is 0 Å². The molecule has 0 saturated carbocycles. The van der Waals surface area contributed by atoms with Crippen LogP contribution in [0.15, 0.2) is 97.2 Å². The third kappa shape index (κ3) is 33.3. The highest BCUT2D eigenvalue weighted by Gasteiger charge is 2.11. The Bertz CT molecular complexity index is 843. The van der Waals surface area contributed by atoms with E-state index in [4.69, 9.17) is 9.47 Å². The van der Waals surface area contributed by atoms with Gasteiger partial charge in [0.2, 0.25) is 0 Å². The zero-order chi connectivity index (χ0) is 32.2. The fraction of sp³-hybridized carbons (Fsp3) is 0.538. The van der Waals surface area contributed by atoms with E-state index in [0.717, 1.165) is 89.9 Å². The average molecular weight is 609 g/mol. The molecule has 0 radical (unpaired) electrons. The molecule has 0 aliphatic carbocycles. The minimum absolute atomic E-state index is 0.158. The van der Waals surface area contributed by atoms with E-state index >= 15 is 0 Å². The van der Waals surface area contributed by atoms with Crippen molar-refractivity contribution >= 4 is 11.9 Å². The van der Waals surface area contributed by atoms with Gasteiger partial charge in [-0.15, -0.1) is 0 Å². The highest BCUT2D eigenvalue weighted by atomic mass is 16.6. The van der Waals surface area contributed by atoms with Gasteiger partial charge in [0, 0.05) is 12.8 Å². The van der Waals surface area contributed by atoms with E-state index in [-0.39, 0.29) is 25.2 Å². The van der Waals surface area contributed by atoms with Crippen molar-refractivity contribution < 1.29 is 24.2 Å². The molecule has 1 N–H and O–H groups in total. The molecule has 0 aromatic carbocycles. The van der Waals surface area contributed by atoms with Crippen LogP contribution in [-0.2, 0) is 19.1 Å². The van der Waals surface area contributed by atoms with Crippen molar-refractivity contribution in [3.05, 3.63) is 97.2 Å². The molecule has 0 fully saturated rings. The van der Waals surface area contributed by atoms with Gasteiger partial charge in [0.1, 0.15) is 19.3 Å². The summed E-state index contributed by atoms with van der Waals surface area (Å²) >= 11 is 0. The molecule has 246 valence electrons. The fourth-order valence-electron chi connectivity index (χ4n) is 3.83. The number of hydrogen-bond donors (Lipinski definition) is 1. The highest BCUT2D eigenvalue weighted by Crippen LogP contribution is 2.06. The zero-order valence-corrected chi connectivity index (χ0v) is 27.6. The fourth-order valence-corrected chi connectivity index (χ4v) is 3.83. The van der Waals surface area contributed by atoms with Crippen molar-refractivity contribution in [3.8, 4) is 0 Å². The lowest BCUT2D eigenvalue weighted by Gasteiger charge is -2.12. The molecule has 0 aliphatic rings. The normalized spacial score (nSPS) is 12.8. The predicted molar refractivity (Wildman–Crippen MR) is 186 cm³/mol. The summed E-state index contributed by atoms with van der Waals surface area (Å²) in [5, 5.41) is 9.96. The summed E-state index contributed by atoms with van der Waals surface area (Å²) < 4.78 is 10.2. The van der Waals surface area contributed by atoms with Crippen LogP contribution in [-0.4, -0.2) is 36.4 Å². The van der Waals surface area contributed by atoms with Gasteiger partial charge in [-0.3, -0.25) is 9.59 Å². The minimum Gasteiger partial charge on any atom is -0.463 e. The number of aliphatic hydroxyl groups is 1. The summed E-state index contributed by atoms with van der Waals surface area (Å²) in [6.07, 6.45) is 47.4. The molecule has 0 heterocycles. The lowest BCUT2D eigenvalue weighted by atomic mass is 10.2. The summed E-state index contributed by atoms with van der Waals surface area (Å²) in [7, 11) is 0. The Labute approximate surface area is 268 Å². The first-order valence-corrected chi connectivity index (χ1v) is 16.8. The maximum Gasteiger partial charge on any atom is 0.305 e. The molecule has 0 spiro atoms. The summed E-state index contributed by atoms with van der Waals surface area (Å²) in [4.78, 5) is 23.8. The first kappa shape index (κ1) is 40.8. The van der Waals surface area contributed by atoms with Gasteiger partial charge in [0.15, 0.2) is 0 Å². The second-order valence-corrected chi connectivity index (χ2v) is 10.5. The van der Waals surface area contributed by atoms with Gasteiger partial charge in [-0.05, 0) is 89.9 Å². The molecule has 0 amide bonds. The van der Waals surface area contributed by atoms with E-state index in [1.165, 1.54) is 0 Å². The Morgan fingerprint density at radius 2 is 0.773 bits per heavy atom. The third-order valence-corrected chi connectivity index (χ3v) is 6.31. The molecule has 5 heteroatoms. The van der Waals surface area contributed by atoms with Gasteiger partial charge in [-0.2, -0.15) is 0 Å². The maximum atomic E-state index is 11.9. The van der Waals surface area contributed by atoms with Gasteiger partial charge < -0.3 is 14.6 Å². The number of hydrogen-bond acceptors (Lipinski definition) is 5. The van der Waals surface area contributed by atoms with Crippen LogP contribution >= 0.6 is 0 Å². The predicted octanol–water partition coefficient (Wildman–Crippen LogP) is 10.2. The van der Waals surface area contributed by atoms with Crippen LogP contribution in [0.25, 0.3) is 0 Å². The number of esters is 2. The van der Waals surface area contributed by atoms with Gasteiger partial charge >= 0.3 is 11.9 Å². The standard InChI is InChI=1S/C39H60O5/c1-3-5-7-9-11-13-15-17-19-21-23-25-27-29-31-33-38(41)43-35-37(40)36-44-39(42)34-32-30-28-26-24-22-20-18-16-14-12-10-8-6-4-2/h5-8,11-14,17-20,23-26,37,40H,3-4,9-10,15-16,21-22,27-36H2,1-2H3/b7-5-,8-6-,13-11-,14-12-,19-17-,20-18-,25-23-,26-24-. The Hall–Kier alpha value is -3.18. The minimum atomic E-state index is -1.00. The monoisotopic (exact) mass is 608 g/mol. The highest BCUT2D eigenvalue weighted by molar-refractivity contribution is 5.69. The first-order chi connectivity index (χ1) is 21.6. The molecule has 0 atom stereocenters. The molecule has 44 heavy (non-hydrogen) atoms. The smallest absolute Gasteiger partial charge is 0.305 e. The molecule has 0 saturated heterocycles. The number of rotatable bonds is 28. The zero-order valence-electron chi connectivity index (χ0n) is 27.6. The number of aliphatic hydroxyl groups excluding tert-OH is 1.